The van der Waals surface area contributed by atoms with Gasteiger partial charge in [0.15, 0.2) is 0 Å². The lowest BCUT2D eigenvalue weighted by Crippen LogP contribution is -2.40. The minimum absolute atomic E-state index is 0.0712. The molecule has 1 aliphatic heterocycles. The summed E-state index contributed by atoms with van der Waals surface area (Å²) in [6.45, 7) is 4.26. The third kappa shape index (κ3) is 4.78. The summed E-state index contributed by atoms with van der Waals surface area (Å²) >= 11 is 3.40. The normalized spacial score (nSPS) is 19.8. The van der Waals surface area contributed by atoms with E-state index in [1.807, 2.05) is 24.3 Å². The summed E-state index contributed by atoms with van der Waals surface area (Å²) in [7, 11) is 0. The summed E-state index contributed by atoms with van der Waals surface area (Å²) in [5.41, 5.74) is 6.85. The van der Waals surface area contributed by atoms with Crippen LogP contribution in [0.2, 0.25) is 0 Å². The molecule has 2 heterocycles. The first-order valence-corrected chi connectivity index (χ1v) is 9.02. The molecule has 2 unspecified atom stereocenters. The third-order valence-corrected chi connectivity index (χ3v) is 4.57. The molecule has 1 fully saturated rings. The van der Waals surface area contributed by atoms with Gasteiger partial charge in [0.25, 0.3) is 0 Å². The van der Waals surface area contributed by atoms with Crippen LogP contribution < -0.4 is 20.9 Å². The monoisotopic (exact) mass is 404 g/mol. The number of ether oxygens (including phenoxy) is 1. The lowest BCUT2D eigenvalue weighted by molar-refractivity contribution is -0.117. The maximum atomic E-state index is 12.3. The van der Waals surface area contributed by atoms with E-state index in [2.05, 4.69) is 50.9 Å². The van der Waals surface area contributed by atoms with E-state index in [4.69, 9.17) is 4.74 Å². The van der Waals surface area contributed by atoms with Crippen molar-refractivity contribution in [3.63, 3.8) is 0 Å². The molecule has 1 saturated heterocycles. The number of nitrogens with one attached hydrogen (secondary N) is 3. The van der Waals surface area contributed by atoms with E-state index >= 15 is 0 Å². The van der Waals surface area contributed by atoms with Gasteiger partial charge in [0.05, 0.1) is 11.9 Å². The molecule has 0 bridgehead atoms. The second-order valence-corrected chi connectivity index (χ2v) is 7.28. The predicted molar refractivity (Wildman–Crippen MR) is 100 cm³/mol. The zero-order valence-electron chi connectivity index (χ0n) is 14.1. The average molecular weight is 405 g/mol. The summed E-state index contributed by atoms with van der Waals surface area (Å²) in [4.78, 5) is 16.6. The summed E-state index contributed by atoms with van der Waals surface area (Å²) in [6, 6.07) is 11.1. The van der Waals surface area contributed by atoms with Gasteiger partial charge in [-0.25, -0.2) is 10.4 Å². The highest BCUT2D eigenvalue weighted by atomic mass is 79.9. The molecule has 0 radical (unpaired) electrons. The number of hydrazine groups is 1. The summed E-state index contributed by atoms with van der Waals surface area (Å²) in [5, 5.41) is 2.88. The maximum Gasteiger partial charge on any atom is 0.242 e. The van der Waals surface area contributed by atoms with Crippen LogP contribution in [0.3, 0.4) is 0 Å². The summed E-state index contributed by atoms with van der Waals surface area (Å²) in [6.07, 6.45) is 2.36. The number of carbonyl (C=O) groups excluding carboxylic acids is 1. The first kappa shape index (κ1) is 17.8. The van der Waals surface area contributed by atoms with Crippen LogP contribution in [0.15, 0.2) is 47.1 Å². The van der Waals surface area contributed by atoms with Gasteiger partial charge in [-0.1, -0.05) is 35.8 Å². The zero-order valence-corrected chi connectivity index (χ0v) is 15.7. The first-order chi connectivity index (χ1) is 12.0. The number of amides is 1. The van der Waals surface area contributed by atoms with Gasteiger partial charge in [0.2, 0.25) is 11.8 Å². The molecule has 25 heavy (non-hydrogen) atoms. The molecule has 1 aromatic heterocycles. The van der Waals surface area contributed by atoms with Crippen LogP contribution in [0.4, 0.5) is 5.69 Å². The molecule has 3 N–H and O–H groups in total. The Morgan fingerprint density at radius 3 is 2.80 bits per heavy atom. The second-order valence-electron chi connectivity index (χ2n) is 6.36. The van der Waals surface area contributed by atoms with Crippen LogP contribution in [0.1, 0.15) is 20.3 Å². The van der Waals surface area contributed by atoms with Crippen LogP contribution in [0, 0.1) is 5.92 Å². The van der Waals surface area contributed by atoms with E-state index < -0.39 is 0 Å². The number of aromatic nitrogens is 1. The minimum Gasteiger partial charge on any atom is -0.439 e. The lowest BCUT2D eigenvalue weighted by atomic mass is 9.99. The van der Waals surface area contributed by atoms with E-state index in [1.54, 1.807) is 18.3 Å². The zero-order chi connectivity index (χ0) is 17.8. The highest BCUT2D eigenvalue weighted by Crippen LogP contribution is 2.23. The highest BCUT2D eigenvalue weighted by molar-refractivity contribution is 9.10. The smallest absolute Gasteiger partial charge is 0.242 e. The Hall–Kier alpha value is -1.96. The second kappa shape index (κ2) is 7.95. The number of benzene rings is 1. The number of hydrogen-bond donors (Lipinski definition) is 3. The van der Waals surface area contributed by atoms with Crippen molar-refractivity contribution in [2.75, 3.05) is 5.32 Å². The van der Waals surface area contributed by atoms with Gasteiger partial charge < -0.3 is 10.1 Å². The molecule has 7 heteroatoms. The Kier molecular flexibility index (Phi) is 5.67. The molecule has 132 valence electrons. The molecule has 6 nitrogen and oxygen atoms in total. The van der Waals surface area contributed by atoms with Crippen molar-refractivity contribution < 1.29 is 9.53 Å². The Balaban J connectivity index is 1.56. The first-order valence-electron chi connectivity index (χ1n) is 8.22. The summed E-state index contributed by atoms with van der Waals surface area (Å²) < 4.78 is 6.62. The van der Waals surface area contributed by atoms with Gasteiger partial charge in [0.1, 0.15) is 11.8 Å². The molecule has 1 amide bonds. The average Bonchev–Trinajstić information content (AvgIpc) is 3.07. The molecular weight excluding hydrogens is 384 g/mol. The SMILES string of the molecule is CC(C)C1CC(C(=O)Nc2ccc(Oc3cccc(Br)c3)nc2)NN1. The fourth-order valence-electron chi connectivity index (χ4n) is 2.59. The van der Waals surface area contributed by atoms with Gasteiger partial charge in [-0.3, -0.25) is 10.2 Å². The number of nitrogens with zero attached hydrogens (tertiary/aromatic N) is 1. The van der Waals surface area contributed by atoms with Crippen LogP contribution in [0.5, 0.6) is 11.6 Å². The molecule has 2 aromatic rings. The van der Waals surface area contributed by atoms with Crippen LogP contribution in [-0.4, -0.2) is 23.0 Å². The van der Waals surface area contributed by atoms with Crippen LogP contribution >= 0.6 is 15.9 Å². The van der Waals surface area contributed by atoms with Crippen LogP contribution in [-0.2, 0) is 4.79 Å². The van der Waals surface area contributed by atoms with E-state index in [9.17, 15) is 4.79 Å². The molecular formula is C18H21BrN4O2. The Morgan fingerprint density at radius 2 is 2.16 bits per heavy atom. The van der Waals surface area contributed by atoms with Gasteiger partial charge in [0, 0.05) is 16.6 Å². The molecule has 2 atom stereocenters. The van der Waals surface area contributed by atoms with Crippen molar-refractivity contribution in [3.05, 3.63) is 47.1 Å². The quantitative estimate of drug-likeness (QED) is 0.711. The molecule has 0 saturated carbocycles. The largest absolute Gasteiger partial charge is 0.439 e. The maximum absolute atomic E-state index is 12.3. The number of hydrogen-bond acceptors (Lipinski definition) is 5. The number of carbonyl (C=O) groups is 1. The minimum atomic E-state index is -0.245. The Bertz CT molecular complexity index is 736. The molecule has 0 aliphatic carbocycles. The molecule has 1 aromatic carbocycles. The van der Waals surface area contributed by atoms with Crippen molar-refractivity contribution in [1.82, 2.24) is 15.8 Å². The van der Waals surface area contributed by atoms with Gasteiger partial charge in [-0.15, -0.1) is 0 Å². The number of anilines is 1. The van der Waals surface area contributed by atoms with E-state index in [-0.39, 0.29) is 11.9 Å². The lowest BCUT2D eigenvalue weighted by Gasteiger charge is -2.13. The van der Waals surface area contributed by atoms with Crippen molar-refractivity contribution in [2.45, 2.75) is 32.4 Å². The van der Waals surface area contributed by atoms with Gasteiger partial charge in [-0.05, 0) is 36.6 Å². The van der Waals surface area contributed by atoms with Crippen molar-refractivity contribution in [3.8, 4) is 11.6 Å². The van der Waals surface area contributed by atoms with Gasteiger partial charge in [-0.2, -0.15) is 0 Å². The van der Waals surface area contributed by atoms with E-state index in [0.717, 1.165) is 10.9 Å². The third-order valence-electron chi connectivity index (χ3n) is 4.08. The number of rotatable bonds is 5. The number of pyridine rings is 1. The predicted octanol–water partition coefficient (Wildman–Crippen LogP) is 3.47. The highest BCUT2D eigenvalue weighted by Gasteiger charge is 2.30. The Labute approximate surface area is 155 Å². The standard InChI is InChI=1S/C18H21BrN4O2/c1-11(2)15-9-16(23-22-15)18(24)21-13-6-7-17(20-10-13)25-14-5-3-4-12(19)8-14/h3-8,10-11,15-16,22-23H,9H2,1-2H3,(H,21,24). The fraction of sp³-hybridized carbons (Fsp3) is 0.333. The fourth-order valence-corrected chi connectivity index (χ4v) is 2.96. The van der Waals surface area contributed by atoms with Crippen molar-refractivity contribution >= 4 is 27.5 Å². The van der Waals surface area contributed by atoms with Crippen molar-refractivity contribution in [2.24, 2.45) is 5.92 Å². The molecule has 0 spiro atoms. The van der Waals surface area contributed by atoms with E-state index in [0.29, 0.717) is 29.3 Å². The molecule has 3 rings (SSSR count). The topological polar surface area (TPSA) is 75.3 Å². The number of halogens is 1. The Morgan fingerprint density at radius 1 is 1.32 bits per heavy atom. The van der Waals surface area contributed by atoms with Gasteiger partial charge >= 0.3 is 0 Å². The van der Waals surface area contributed by atoms with Crippen molar-refractivity contribution in [1.29, 1.82) is 0 Å². The van der Waals surface area contributed by atoms with E-state index in [1.165, 1.54) is 0 Å². The summed E-state index contributed by atoms with van der Waals surface area (Å²) in [5.74, 6) is 1.57. The van der Waals surface area contributed by atoms with Crippen LogP contribution in [0.25, 0.3) is 0 Å². The molecule has 1 aliphatic rings.